The number of rotatable bonds is 5. The zero-order chi connectivity index (χ0) is 26.3. The first-order chi connectivity index (χ1) is 16.9. The van der Waals surface area contributed by atoms with E-state index < -0.39 is 23.3 Å². The molecule has 1 saturated heterocycles. The molecule has 4 amide bonds. The van der Waals surface area contributed by atoms with Crippen LogP contribution in [-0.4, -0.2) is 53.6 Å². The van der Waals surface area contributed by atoms with Gasteiger partial charge in [-0.1, -0.05) is 12.1 Å². The van der Waals surface area contributed by atoms with Crippen molar-refractivity contribution in [1.82, 2.24) is 4.90 Å². The molecule has 10 nitrogen and oxygen atoms in total. The predicted octanol–water partition coefficient (Wildman–Crippen LogP) is 3.98. The van der Waals surface area contributed by atoms with Crippen LogP contribution in [0.3, 0.4) is 0 Å². The van der Waals surface area contributed by atoms with Crippen molar-refractivity contribution >= 4 is 40.9 Å². The van der Waals surface area contributed by atoms with Gasteiger partial charge in [-0.05, 0) is 64.4 Å². The first kappa shape index (κ1) is 25.0. The highest BCUT2D eigenvalue weighted by Gasteiger charge is 2.53. The molecular formula is C26H30N4O6. The van der Waals surface area contributed by atoms with E-state index in [0.29, 0.717) is 34.8 Å². The number of nitrogens with zero attached hydrogens (tertiary/aromatic N) is 2. The number of anilines is 3. The van der Waals surface area contributed by atoms with Crippen LogP contribution >= 0.6 is 0 Å². The van der Waals surface area contributed by atoms with Crippen LogP contribution in [0.25, 0.3) is 0 Å². The van der Waals surface area contributed by atoms with Crippen LogP contribution in [0.5, 0.6) is 5.75 Å². The van der Waals surface area contributed by atoms with Gasteiger partial charge in [0.2, 0.25) is 11.8 Å². The molecule has 0 bridgehead atoms. The van der Waals surface area contributed by atoms with Crippen LogP contribution in [0.4, 0.5) is 21.9 Å². The van der Waals surface area contributed by atoms with Crippen LogP contribution in [0.15, 0.2) is 42.5 Å². The summed E-state index contributed by atoms with van der Waals surface area (Å²) in [7, 11) is 1.46. The van der Waals surface area contributed by atoms with Gasteiger partial charge in [0.05, 0.1) is 24.0 Å². The molecule has 1 fully saturated rings. The Balaban J connectivity index is 1.54. The molecule has 0 aliphatic carbocycles. The van der Waals surface area contributed by atoms with Crippen molar-refractivity contribution < 1.29 is 28.7 Å². The number of benzene rings is 2. The Morgan fingerprint density at radius 3 is 2.50 bits per heavy atom. The molecule has 2 aliphatic heterocycles. The number of carbonyl (C=O) groups excluding carboxylic acids is 4. The van der Waals surface area contributed by atoms with E-state index in [9.17, 15) is 19.2 Å². The molecular weight excluding hydrogens is 464 g/mol. The Morgan fingerprint density at radius 1 is 1.08 bits per heavy atom. The molecule has 0 radical (unpaired) electrons. The summed E-state index contributed by atoms with van der Waals surface area (Å²) in [5, 5.41) is 5.40. The summed E-state index contributed by atoms with van der Waals surface area (Å²) in [4.78, 5) is 54.5. The third-order valence-corrected chi connectivity index (χ3v) is 6.17. The highest BCUT2D eigenvalue weighted by atomic mass is 16.6. The van der Waals surface area contributed by atoms with E-state index in [-0.39, 0.29) is 24.8 Å². The minimum absolute atomic E-state index is 0.0872. The van der Waals surface area contributed by atoms with Crippen molar-refractivity contribution in [2.45, 2.75) is 51.8 Å². The summed E-state index contributed by atoms with van der Waals surface area (Å²) in [5.74, 6) is -0.460. The first-order valence-electron chi connectivity index (χ1n) is 11.6. The van der Waals surface area contributed by atoms with Gasteiger partial charge < -0.3 is 19.7 Å². The molecule has 2 aromatic carbocycles. The van der Waals surface area contributed by atoms with Gasteiger partial charge in [-0.25, -0.2) is 4.79 Å². The molecule has 2 N–H and O–H groups in total. The van der Waals surface area contributed by atoms with Gasteiger partial charge in [0, 0.05) is 12.1 Å². The fourth-order valence-electron chi connectivity index (χ4n) is 4.58. The molecule has 1 atom stereocenters. The zero-order valence-corrected chi connectivity index (χ0v) is 21.0. The number of nitrogens with one attached hydrogen (secondary N) is 2. The molecule has 0 aromatic heterocycles. The van der Waals surface area contributed by atoms with Gasteiger partial charge >= 0.3 is 6.09 Å². The molecule has 0 saturated carbocycles. The van der Waals surface area contributed by atoms with E-state index in [1.165, 1.54) is 12.0 Å². The average Bonchev–Trinajstić information content (AvgIpc) is 3.11. The van der Waals surface area contributed by atoms with Gasteiger partial charge in [0.15, 0.2) is 0 Å². The Kier molecular flexibility index (Phi) is 6.38. The molecule has 2 heterocycles. The van der Waals surface area contributed by atoms with E-state index in [0.717, 1.165) is 0 Å². The second kappa shape index (κ2) is 9.18. The summed E-state index contributed by atoms with van der Waals surface area (Å²) in [6.07, 6.45) is 0.0425. The Labute approximate surface area is 209 Å². The predicted molar refractivity (Wildman–Crippen MR) is 134 cm³/mol. The Morgan fingerprint density at radius 2 is 1.81 bits per heavy atom. The van der Waals surface area contributed by atoms with Gasteiger partial charge in [-0.15, -0.1) is 0 Å². The number of methoxy groups -OCH3 is 1. The fraction of sp³-hybridized carbons (Fsp3) is 0.385. The number of hydrogen-bond donors (Lipinski definition) is 2. The van der Waals surface area contributed by atoms with Crippen LogP contribution in [0.2, 0.25) is 0 Å². The first-order valence-corrected chi connectivity index (χ1v) is 11.6. The fourth-order valence-corrected chi connectivity index (χ4v) is 4.58. The molecule has 0 spiro atoms. The maximum Gasteiger partial charge on any atom is 0.412 e. The van der Waals surface area contributed by atoms with Crippen LogP contribution in [0, 0.1) is 0 Å². The lowest BCUT2D eigenvalue weighted by atomic mass is 9.98. The van der Waals surface area contributed by atoms with Gasteiger partial charge in [-0.2, -0.15) is 0 Å². The van der Waals surface area contributed by atoms with Crippen molar-refractivity contribution in [3.8, 4) is 5.75 Å². The van der Waals surface area contributed by atoms with Crippen LogP contribution < -0.4 is 20.3 Å². The average molecular weight is 495 g/mol. The summed E-state index contributed by atoms with van der Waals surface area (Å²) in [6, 6.07) is 11.7. The number of para-hydroxylation sites is 1. The third kappa shape index (κ3) is 4.71. The van der Waals surface area contributed by atoms with Crippen LogP contribution in [0.1, 0.15) is 50.9 Å². The van der Waals surface area contributed by atoms with E-state index >= 15 is 0 Å². The van der Waals surface area contributed by atoms with Crippen molar-refractivity contribution in [2.24, 2.45) is 0 Å². The summed E-state index contributed by atoms with van der Waals surface area (Å²) < 4.78 is 10.6. The smallest absolute Gasteiger partial charge is 0.412 e. The lowest BCUT2D eigenvalue weighted by Crippen LogP contribution is -2.63. The van der Waals surface area contributed by atoms with E-state index in [1.807, 2.05) is 0 Å². The normalized spacial score (nSPS) is 18.9. The molecule has 1 unspecified atom stereocenters. The monoisotopic (exact) mass is 494 g/mol. The highest BCUT2D eigenvalue weighted by Crippen LogP contribution is 2.43. The lowest BCUT2D eigenvalue weighted by molar-refractivity contribution is -0.120. The van der Waals surface area contributed by atoms with E-state index in [1.54, 1.807) is 75.1 Å². The van der Waals surface area contributed by atoms with E-state index in [4.69, 9.17) is 9.47 Å². The molecule has 2 aromatic rings. The zero-order valence-electron chi connectivity index (χ0n) is 21.0. The number of carbonyl (C=O) groups is 4. The molecule has 190 valence electrons. The van der Waals surface area contributed by atoms with Crippen molar-refractivity contribution in [2.75, 3.05) is 29.2 Å². The van der Waals surface area contributed by atoms with Crippen molar-refractivity contribution in [1.29, 1.82) is 0 Å². The van der Waals surface area contributed by atoms with Gasteiger partial charge in [0.25, 0.3) is 5.91 Å². The second-order valence-electron chi connectivity index (χ2n) is 9.94. The summed E-state index contributed by atoms with van der Waals surface area (Å²) in [5.41, 5.74) is 0.0224. The van der Waals surface area contributed by atoms with Gasteiger partial charge in [0.1, 0.15) is 23.6 Å². The Bertz CT molecular complexity index is 1240. The summed E-state index contributed by atoms with van der Waals surface area (Å²) in [6.45, 7) is 6.80. The minimum Gasteiger partial charge on any atom is -0.495 e. The molecule has 4 rings (SSSR count). The van der Waals surface area contributed by atoms with Crippen molar-refractivity contribution in [3.63, 3.8) is 0 Å². The number of ether oxygens (including phenoxy) is 2. The molecule has 10 heteroatoms. The lowest BCUT2D eigenvalue weighted by Gasteiger charge is -2.48. The Hall–Kier alpha value is -4.08. The molecule has 2 aliphatic rings. The second-order valence-corrected chi connectivity index (χ2v) is 9.94. The SMILES string of the molecule is COc1ccc(NC(=O)CN2C(=O)c3ccccc3N3C(=O)CCC23C)cc1NC(=O)OC(C)(C)C. The topological polar surface area (TPSA) is 117 Å². The van der Waals surface area contributed by atoms with E-state index in [2.05, 4.69) is 10.6 Å². The summed E-state index contributed by atoms with van der Waals surface area (Å²) >= 11 is 0. The molecule has 36 heavy (non-hydrogen) atoms. The van der Waals surface area contributed by atoms with Crippen LogP contribution in [-0.2, 0) is 14.3 Å². The number of amides is 4. The standard InChI is InChI=1S/C26H30N4O6/c1-25(2,3)36-24(34)28-18-14-16(10-11-20(18)35-5)27-21(31)15-29-23(33)17-8-6-7-9-19(17)30-22(32)12-13-26(29,30)4/h6-11,14H,12-13,15H2,1-5H3,(H,27,31)(H,28,34). The number of fused-ring (bicyclic) bond motifs is 3. The van der Waals surface area contributed by atoms with Crippen molar-refractivity contribution in [3.05, 3.63) is 48.0 Å². The minimum atomic E-state index is -0.941. The maximum atomic E-state index is 13.4. The maximum absolute atomic E-state index is 13.4. The quantitative estimate of drug-likeness (QED) is 0.649. The number of hydrogen-bond acceptors (Lipinski definition) is 6. The van der Waals surface area contributed by atoms with Gasteiger partial charge in [-0.3, -0.25) is 24.6 Å². The largest absolute Gasteiger partial charge is 0.495 e. The third-order valence-electron chi connectivity index (χ3n) is 6.17. The highest BCUT2D eigenvalue weighted by molar-refractivity contribution is 6.11.